The Morgan fingerprint density at radius 2 is 1.74 bits per heavy atom. The monoisotopic (exact) mass is 358 g/mol. The smallest absolute Gasteiger partial charge is 0.145 e. The molecule has 0 aliphatic heterocycles. The lowest BCUT2D eigenvalue weighted by molar-refractivity contribution is 0.415. The Morgan fingerprint density at radius 3 is 2.44 bits per heavy atom. The quantitative estimate of drug-likeness (QED) is 0.556. The average Bonchev–Trinajstić information content (AvgIpc) is 3.06. The number of nitrogens with one attached hydrogen (secondary N) is 1. The fourth-order valence-electron chi connectivity index (χ4n) is 3.32. The molecule has 5 nitrogen and oxygen atoms in total. The molecule has 0 saturated heterocycles. The Balaban J connectivity index is 1.73. The number of fused-ring (bicyclic) bond motifs is 1. The summed E-state index contributed by atoms with van der Waals surface area (Å²) in [5.74, 6) is 1.68. The van der Waals surface area contributed by atoms with Crippen LogP contribution in [0.1, 0.15) is 18.5 Å². The summed E-state index contributed by atoms with van der Waals surface area (Å²) in [7, 11) is 3.70. The van der Waals surface area contributed by atoms with Gasteiger partial charge in [-0.1, -0.05) is 30.3 Å². The average molecular weight is 358 g/mol. The van der Waals surface area contributed by atoms with Crippen LogP contribution in [0, 0.1) is 0 Å². The maximum Gasteiger partial charge on any atom is 0.145 e. The van der Waals surface area contributed by atoms with Gasteiger partial charge in [-0.2, -0.15) is 0 Å². The van der Waals surface area contributed by atoms with E-state index in [4.69, 9.17) is 4.74 Å². The summed E-state index contributed by atoms with van der Waals surface area (Å²) in [5.41, 5.74) is 4.32. The van der Waals surface area contributed by atoms with Gasteiger partial charge >= 0.3 is 0 Å². The van der Waals surface area contributed by atoms with Gasteiger partial charge in [-0.3, -0.25) is 0 Å². The summed E-state index contributed by atoms with van der Waals surface area (Å²) >= 11 is 0. The number of benzene rings is 2. The number of ether oxygens (including phenoxy) is 1. The molecule has 2 aromatic heterocycles. The Kier molecular flexibility index (Phi) is 4.50. The van der Waals surface area contributed by atoms with Crippen molar-refractivity contribution in [1.82, 2.24) is 14.5 Å². The van der Waals surface area contributed by atoms with Crippen molar-refractivity contribution in [2.45, 2.75) is 13.0 Å². The third-order valence-electron chi connectivity index (χ3n) is 4.86. The van der Waals surface area contributed by atoms with E-state index in [0.29, 0.717) is 0 Å². The van der Waals surface area contributed by atoms with Crippen LogP contribution in [-0.4, -0.2) is 21.6 Å². The van der Waals surface area contributed by atoms with Crippen molar-refractivity contribution in [1.29, 1.82) is 0 Å². The van der Waals surface area contributed by atoms with Crippen LogP contribution in [0.15, 0.2) is 67.0 Å². The van der Waals surface area contributed by atoms with Crippen molar-refractivity contribution >= 4 is 16.9 Å². The normalized spacial score (nSPS) is 12.1. The molecule has 0 aliphatic carbocycles. The fraction of sp³-hybridized carbons (Fsp3) is 0.182. The van der Waals surface area contributed by atoms with E-state index in [1.807, 2.05) is 37.4 Å². The van der Waals surface area contributed by atoms with Gasteiger partial charge in [-0.25, -0.2) is 9.97 Å². The molecule has 1 N–H and O–H groups in total. The third-order valence-corrected chi connectivity index (χ3v) is 4.86. The van der Waals surface area contributed by atoms with Crippen molar-refractivity contribution in [2.75, 3.05) is 12.4 Å². The standard InChI is InChI=1S/C22H22N4O/c1-15(16-7-5-4-6-8-16)25-21-19-13-20(26(2)22(19)24-14-23-21)17-9-11-18(27-3)12-10-17/h4-15H,1-3H3,(H,23,24,25)/t15-/m0/s1. The molecule has 0 amide bonds. The van der Waals surface area contributed by atoms with Crippen LogP contribution in [0.3, 0.4) is 0 Å². The van der Waals surface area contributed by atoms with Gasteiger partial charge in [-0.05, 0) is 48.4 Å². The summed E-state index contributed by atoms with van der Waals surface area (Å²) in [5, 5.41) is 4.53. The lowest BCUT2D eigenvalue weighted by atomic mass is 10.1. The molecule has 4 rings (SSSR count). The van der Waals surface area contributed by atoms with Crippen LogP contribution in [0.4, 0.5) is 5.82 Å². The fourth-order valence-corrected chi connectivity index (χ4v) is 3.32. The molecule has 2 heterocycles. The third kappa shape index (κ3) is 3.24. The van der Waals surface area contributed by atoms with Gasteiger partial charge in [0.2, 0.25) is 0 Å². The van der Waals surface area contributed by atoms with Gasteiger partial charge in [0.25, 0.3) is 0 Å². The van der Waals surface area contributed by atoms with Crippen LogP contribution in [0.25, 0.3) is 22.3 Å². The largest absolute Gasteiger partial charge is 0.497 e. The maximum absolute atomic E-state index is 5.26. The molecular formula is C22H22N4O. The van der Waals surface area contributed by atoms with Crippen molar-refractivity contribution < 1.29 is 4.74 Å². The minimum Gasteiger partial charge on any atom is -0.497 e. The second-order valence-electron chi connectivity index (χ2n) is 6.55. The van der Waals surface area contributed by atoms with Crippen molar-refractivity contribution in [3.63, 3.8) is 0 Å². The van der Waals surface area contributed by atoms with E-state index in [1.54, 1.807) is 13.4 Å². The van der Waals surface area contributed by atoms with E-state index in [0.717, 1.165) is 33.9 Å². The number of hydrogen-bond acceptors (Lipinski definition) is 4. The number of aromatic nitrogens is 3. The van der Waals surface area contributed by atoms with Crippen LogP contribution >= 0.6 is 0 Å². The molecule has 0 aliphatic rings. The Bertz CT molecular complexity index is 1060. The lowest BCUT2D eigenvalue weighted by Crippen LogP contribution is -2.08. The molecule has 1 atom stereocenters. The summed E-state index contributed by atoms with van der Waals surface area (Å²) in [6, 6.07) is 20.7. The number of aryl methyl sites for hydroxylation is 1. The van der Waals surface area contributed by atoms with Gasteiger partial charge < -0.3 is 14.6 Å². The first-order valence-electron chi connectivity index (χ1n) is 8.93. The molecule has 0 radical (unpaired) electrons. The number of rotatable bonds is 5. The second kappa shape index (κ2) is 7.11. The molecule has 0 unspecified atom stereocenters. The van der Waals surface area contributed by atoms with Crippen molar-refractivity contribution in [3.05, 3.63) is 72.6 Å². The van der Waals surface area contributed by atoms with Gasteiger partial charge in [0.05, 0.1) is 18.2 Å². The van der Waals surface area contributed by atoms with Gasteiger partial charge in [-0.15, -0.1) is 0 Å². The highest BCUT2D eigenvalue weighted by molar-refractivity contribution is 5.92. The first kappa shape index (κ1) is 17.1. The minimum absolute atomic E-state index is 0.147. The molecule has 5 heteroatoms. The highest BCUT2D eigenvalue weighted by Crippen LogP contribution is 2.31. The molecule has 2 aromatic carbocycles. The zero-order chi connectivity index (χ0) is 18.8. The van der Waals surface area contributed by atoms with E-state index in [2.05, 4.69) is 57.1 Å². The first-order chi connectivity index (χ1) is 13.2. The van der Waals surface area contributed by atoms with E-state index in [1.165, 1.54) is 5.56 Å². The predicted octanol–water partition coefficient (Wildman–Crippen LogP) is 4.82. The minimum atomic E-state index is 0.147. The van der Waals surface area contributed by atoms with Crippen LogP contribution in [0.5, 0.6) is 5.75 Å². The van der Waals surface area contributed by atoms with Crippen molar-refractivity contribution in [3.8, 4) is 17.0 Å². The Labute approximate surface area is 158 Å². The maximum atomic E-state index is 5.26. The summed E-state index contributed by atoms with van der Waals surface area (Å²) in [6.07, 6.45) is 1.61. The van der Waals surface area contributed by atoms with E-state index < -0.39 is 0 Å². The molecule has 27 heavy (non-hydrogen) atoms. The zero-order valence-corrected chi connectivity index (χ0v) is 15.7. The molecular weight excluding hydrogens is 336 g/mol. The second-order valence-corrected chi connectivity index (χ2v) is 6.55. The number of nitrogens with zero attached hydrogens (tertiary/aromatic N) is 3. The van der Waals surface area contributed by atoms with Gasteiger partial charge in [0.1, 0.15) is 23.5 Å². The molecule has 0 saturated carbocycles. The summed E-state index contributed by atoms with van der Waals surface area (Å²) in [4.78, 5) is 8.98. The van der Waals surface area contributed by atoms with Crippen LogP contribution < -0.4 is 10.1 Å². The molecule has 0 fully saturated rings. The lowest BCUT2D eigenvalue weighted by Gasteiger charge is -2.15. The highest BCUT2D eigenvalue weighted by atomic mass is 16.5. The number of methoxy groups -OCH3 is 1. The van der Waals surface area contributed by atoms with E-state index in [-0.39, 0.29) is 6.04 Å². The molecule has 136 valence electrons. The van der Waals surface area contributed by atoms with Gasteiger partial charge in [0, 0.05) is 13.1 Å². The summed E-state index contributed by atoms with van der Waals surface area (Å²) < 4.78 is 7.35. The SMILES string of the molecule is COc1ccc(-c2cc3c(N[C@@H](C)c4ccccc4)ncnc3n2C)cc1. The number of hydrogen-bond donors (Lipinski definition) is 1. The highest BCUT2D eigenvalue weighted by Gasteiger charge is 2.15. The topological polar surface area (TPSA) is 52.0 Å². The van der Waals surface area contributed by atoms with Gasteiger partial charge in [0.15, 0.2) is 0 Å². The zero-order valence-electron chi connectivity index (χ0n) is 15.7. The Hall–Kier alpha value is -3.34. The molecule has 0 spiro atoms. The first-order valence-corrected chi connectivity index (χ1v) is 8.93. The van der Waals surface area contributed by atoms with E-state index >= 15 is 0 Å². The number of anilines is 1. The molecule has 4 aromatic rings. The van der Waals surface area contributed by atoms with Crippen molar-refractivity contribution in [2.24, 2.45) is 7.05 Å². The summed E-state index contributed by atoms with van der Waals surface area (Å²) in [6.45, 7) is 2.14. The Morgan fingerprint density at radius 1 is 1.00 bits per heavy atom. The van der Waals surface area contributed by atoms with Crippen LogP contribution in [-0.2, 0) is 7.05 Å². The molecule has 0 bridgehead atoms. The van der Waals surface area contributed by atoms with Crippen LogP contribution in [0.2, 0.25) is 0 Å². The predicted molar refractivity (Wildman–Crippen MR) is 109 cm³/mol. The van der Waals surface area contributed by atoms with E-state index in [9.17, 15) is 0 Å².